The Labute approximate surface area is 114 Å². The maximum atomic E-state index is 5.17. The van der Waals surface area contributed by atoms with Gasteiger partial charge in [-0.2, -0.15) is 0 Å². The van der Waals surface area contributed by atoms with Gasteiger partial charge in [-0.05, 0) is 31.2 Å². The van der Waals surface area contributed by atoms with Gasteiger partial charge in [-0.3, -0.25) is 4.90 Å². The van der Waals surface area contributed by atoms with Gasteiger partial charge in [0.2, 0.25) is 0 Å². The molecule has 0 spiro atoms. The van der Waals surface area contributed by atoms with Crippen molar-refractivity contribution in [3.05, 3.63) is 24.3 Å². The Morgan fingerprint density at radius 3 is 2.56 bits per heavy atom. The van der Waals surface area contributed by atoms with E-state index in [-0.39, 0.29) is 0 Å². The summed E-state index contributed by atoms with van der Waals surface area (Å²) in [6.45, 7) is 6.91. The number of ether oxygens (including phenoxy) is 1. The minimum absolute atomic E-state index is 0.638. The summed E-state index contributed by atoms with van der Waals surface area (Å²) in [6.07, 6.45) is 0. The Morgan fingerprint density at radius 2 is 1.94 bits per heavy atom. The zero-order valence-electron chi connectivity index (χ0n) is 11.2. The largest absolute Gasteiger partial charge is 0.497 e. The first-order valence-corrected chi connectivity index (χ1v) is 7.50. The Hall–Kier alpha value is -0.710. The predicted octanol–water partition coefficient (Wildman–Crippen LogP) is 2.08. The number of hydrogen-bond donors (Lipinski definition) is 1. The van der Waals surface area contributed by atoms with Crippen LogP contribution in [0.4, 0.5) is 0 Å². The molecule has 100 valence electrons. The van der Waals surface area contributed by atoms with Crippen LogP contribution in [0.1, 0.15) is 6.92 Å². The van der Waals surface area contributed by atoms with Gasteiger partial charge in [-0.15, -0.1) is 11.8 Å². The van der Waals surface area contributed by atoms with Crippen molar-refractivity contribution in [2.24, 2.45) is 0 Å². The van der Waals surface area contributed by atoms with Gasteiger partial charge in [0.25, 0.3) is 0 Å². The van der Waals surface area contributed by atoms with Crippen LogP contribution >= 0.6 is 11.8 Å². The van der Waals surface area contributed by atoms with Crippen molar-refractivity contribution in [2.75, 3.05) is 39.0 Å². The summed E-state index contributed by atoms with van der Waals surface area (Å²) in [4.78, 5) is 3.88. The average molecular weight is 266 g/mol. The summed E-state index contributed by atoms with van der Waals surface area (Å²) in [5.41, 5.74) is 0. The molecule has 1 aromatic rings. The van der Waals surface area contributed by atoms with Crippen molar-refractivity contribution in [3.63, 3.8) is 0 Å². The summed E-state index contributed by atoms with van der Waals surface area (Å²) in [5.74, 6) is 2.07. The number of nitrogens with one attached hydrogen (secondary N) is 1. The summed E-state index contributed by atoms with van der Waals surface area (Å²) in [6, 6.07) is 8.96. The highest BCUT2D eigenvalue weighted by atomic mass is 32.2. The smallest absolute Gasteiger partial charge is 0.118 e. The molecule has 0 aliphatic carbocycles. The van der Waals surface area contributed by atoms with Crippen LogP contribution in [0.3, 0.4) is 0 Å². The zero-order valence-corrected chi connectivity index (χ0v) is 12.0. The zero-order chi connectivity index (χ0) is 12.8. The van der Waals surface area contributed by atoms with Gasteiger partial charge in [0.15, 0.2) is 0 Å². The molecule has 1 fully saturated rings. The second-order valence-electron chi connectivity index (χ2n) is 4.62. The van der Waals surface area contributed by atoms with Crippen LogP contribution in [0.25, 0.3) is 0 Å². The van der Waals surface area contributed by atoms with E-state index in [1.807, 2.05) is 23.9 Å². The molecule has 1 saturated heterocycles. The maximum absolute atomic E-state index is 5.17. The molecule has 3 nitrogen and oxygen atoms in total. The van der Waals surface area contributed by atoms with Crippen molar-refractivity contribution in [1.82, 2.24) is 10.2 Å². The van der Waals surface area contributed by atoms with Crippen molar-refractivity contribution in [2.45, 2.75) is 17.9 Å². The number of benzene rings is 1. The van der Waals surface area contributed by atoms with Gasteiger partial charge >= 0.3 is 0 Å². The molecule has 0 bridgehead atoms. The van der Waals surface area contributed by atoms with Crippen molar-refractivity contribution < 1.29 is 4.74 Å². The van der Waals surface area contributed by atoms with Crippen LogP contribution in [0, 0.1) is 0 Å². The second-order valence-corrected chi connectivity index (χ2v) is 5.71. The molecule has 0 aromatic heterocycles. The molecular weight excluding hydrogens is 244 g/mol. The molecule has 1 N–H and O–H groups in total. The van der Waals surface area contributed by atoms with E-state index in [9.17, 15) is 0 Å². The molecule has 1 aliphatic heterocycles. The molecular formula is C14H22N2OS. The SMILES string of the molecule is COc1ccc(SCC(C)N2CCNCC2)cc1. The third-order valence-electron chi connectivity index (χ3n) is 3.33. The molecule has 1 unspecified atom stereocenters. The van der Waals surface area contributed by atoms with Crippen molar-refractivity contribution in [3.8, 4) is 5.75 Å². The van der Waals surface area contributed by atoms with E-state index in [0.717, 1.165) is 24.6 Å². The van der Waals surface area contributed by atoms with Crippen LogP contribution < -0.4 is 10.1 Å². The minimum Gasteiger partial charge on any atom is -0.497 e. The number of nitrogens with zero attached hydrogens (tertiary/aromatic N) is 1. The molecule has 0 saturated carbocycles. The van der Waals surface area contributed by atoms with Gasteiger partial charge in [-0.1, -0.05) is 0 Å². The highest BCUT2D eigenvalue weighted by Gasteiger charge is 2.16. The third kappa shape index (κ3) is 3.90. The molecule has 1 aliphatic rings. The third-order valence-corrected chi connectivity index (χ3v) is 4.58. The van der Waals surface area contributed by atoms with Crippen LogP contribution in [0.2, 0.25) is 0 Å². The first-order valence-electron chi connectivity index (χ1n) is 6.51. The highest BCUT2D eigenvalue weighted by Crippen LogP contribution is 2.23. The summed E-state index contributed by atoms with van der Waals surface area (Å²) in [5, 5.41) is 3.39. The Kier molecular flexibility index (Phi) is 5.35. The topological polar surface area (TPSA) is 24.5 Å². The highest BCUT2D eigenvalue weighted by molar-refractivity contribution is 7.99. The van der Waals surface area contributed by atoms with Crippen LogP contribution in [-0.2, 0) is 0 Å². The Balaban J connectivity index is 1.78. The minimum atomic E-state index is 0.638. The predicted molar refractivity (Wildman–Crippen MR) is 77.6 cm³/mol. The Bertz CT molecular complexity index is 349. The van der Waals surface area contributed by atoms with E-state index in [1.165, 1.54) is 18.0 Å². The fourth-order valence-corrected chi connectivity index (χ4v) is 3.09. The van der Waals surface area contributed by atoms with E-state index in [2.05, 4.69) is 29.3 Å². The monoisotopic (exact) mass is 266 g/mol. The van der Waals surface area contributed by atoms with E-state index in [0.29, 0.717) is 6.04 Å². The first kappa shape index (κ1) is 13.7. The fourth-order valence-electron chi connectivity index (χ4n) is 2.12. The van der Waals surface area contributed by atoms with E-state index in [4.69, 9.17) is 4.74 Å². The van der Waals surface area contributed by atoms with Crippen molar-refractivity contribution >= 4 is 11.8 Å². The molecule has 1 aromatic carbocycles. The normalized spacial score (nSPS) is 18.6. The fraction of sp³-hybridized carbons (Fsp3) is 0.571. The van der Waals surface area contributed by atoms with Gasteiger partial charge in [0, 0.05) is 42.9 Å². The molecule has 0 amide bonds. The molecule has 1 atom stereocenters. The molecule has 1 heterocycles. The number of methoxy groups -OCH3 is 1. The maximum Gasteiger partial charge on any atom is 0.118 e. The first-order chi connectivity index (χ1) is 8.79. The summed E-state index contributed by atoms with van der Waals surface area (Å²) in [7, 11) is 1.70. The summed E-state index contributed by atoms with van der Waals surface area (Å²) < 4.78 is 5.17. The van der Waals surface area contributed by atoms with Crippen molar-refractivity contribution in [1.29, 1.82) is 0 Å². The quantitative estimate of drug-likeness (QED) is 0.825. The van der Waals surface area contributed by atoms with Gasteiger partial charge in [0.1, 0.15) is 5.75 Å². The van der Waals surface area contributed by atoms with Crippen LogP contribution in [0.5, 0.6) is 5.75 Å². The van der Waals surface area contributed by atoms with E-state index >= 15 is 0 Å². The van der Waals surface area contributed by atoms with Crippen LogP contribution in [-0.4, -0.2) is 50.0 Å². The van der Waals surface area contributed by atoms with Crippen LogP contribution in [0.15, 0.2) is 29.2 Å². The Morgan fingerprint density at radius 1 is 1.28 bits per heavy atom. The van der Waals surface area contributed by atoms with Gasteiger partial charge in [0.05, 0.1) is 7.11 Å². The lowest BCUT2D eigenvalue weighted by molar-refractivity contribution is 0.198. The summed E-state index contributed by atoms with van der Waals surface area (Å²) >= 11 is 1.92. The lowest BCUT2D eigenvalue weighted by Crippen LogP contribution is -2.48. The van der Waals surface area contributed by atoms with Gasteiger partial charge in [-0.25, -0.2) is 0 Å². The number of rotatable bonds is 5. The number of hydrogen-bond acceptors (Lipinski definition) is 4. The standard InChI is InChI=1S/C14H22N2OS/c1-12(16-9-7-15-8-10-16)11-18-14-5-3-13(17-2)4-6-14/h3-6,12,15H,7-11H2,1-2H3. The molecule has 0 radical (unpaired) electrons. The lowest BCUT2D eigenvalue weighted by atomic mass is 10.3. The number of thioether (sulfide) groups is 1. The second kappa shape index (κ2) is 7.02. The molecule has 2 rings (SSSR count). The lowest BCUT2D eigenvalue weighted by Gasteiger charge is -2.32. The van der Waals surface area contributed by atoms with E-state index < -0.39 is 0 Å². The number of piperazine rings is 1. The van der Waals surface area contributed by atoms with E-state index in [1.54, 1.807) is 7.11 Å². The molecule has 4 heteroatoms. The van der Waals surface area contributed by atoms with Gasteiger partial charge < -0.3 is 10.1 Å². The molecule has 18 heavy (non-hydrogen) atoms. The average Bonchev–Trinajstić information content (AvgIpc) is 2.46.